The summed E-state index contributed by atoms with van der Waals surface area (Å²) in [5.74, 6) is -2.65. The molecule has 0 aliphatic rings. The molecule has 10 rings (SSSR count). The molecule has 0 bridgehead atoms. The van der Waals surface area contributed by atoms with Crippen molar-refractivity contribution in [3.63, 3.8) is 0 Å². The van der Waals surface area contributed by atoms with Crippen molar-refractivity contribution in [1.29, 1.82) is 0 Å². The summed E-state index contributed by atoms with van der Waals surface area (Å²) in [4.78, 5) is 0. The van der Waals surface area contributed by atoms with Crippen LogP contribution in [0.3, 0.4) is 0 Å². The van der Waals surface area contributed by atoms with Gasteiger partial charge < -0.3 is 100 Å². The molecule has 0 heterocycles. The van der Waals surface area contributed by atoms with E-state index in [4.69, 9.17) is 0 Å². The Morgan fingerprint density at radius 3 is 0.464 bits per heavy atom. The lowest BCUT2D eigenvalue weighted by Crippen LogP contribution is -2.30. The Hall–Kier alpha value is -7.95. The van der Waals surface area contributed by atoms with Crippen molar-refractivity contribution in [2.75, 3.05) is 0 Å². The number of hydrogen-bond donors (Lipinski definition) is 20. The van der Waals surface area contributed by atoms with Crippen molar-refractivity contribution in [1.82, 2.24) is 0 Å². The van der Waals surface area contributed by atoms with Gasteiger partial charge in [0.1, 0.15) is 0 Å². The van der Waals surface area contributed by atoms with Gasteiger partial charge in [0.2, 0.25) is 0 Å². The van der Waals surface area contributed by atoms with Crippen LogP contribution < -0.4 is 54.6 Å². The third-order valence-corrected chi connectivity index (χ3v) is 22.0. The Labute approximate surface area is 645 Å². The minimum atomic E-state index is -1.81. The van der Waals surface area contributed by atoms with Gasteiger partial charge in [0.05, 0.1) is 0 Å². The van der Waals surface area contributed by atoms with Gasteiger partial charge in [-0.25, -0.2) is 0 Å². The molecule has 0 saturated heterocycles. The molecule has 20 N–H and O–H groups in total. The molecule has 110 heavy (non-hydrogen) atoms. The maximum absolute atomic E-state index is 10.6. The molecule has 10 aromatic carbocycles. The van der Waals surface area contributed by atoms with Gasteiger partial charge in [0.15, 0.2) is 0 Å². The molecule has 0 radical (unpaired) electrons. The van der Waals surface area contributed by atoms with Crippen LogP contribution in [0.1, 0.15) is 167 Å². The molecule has 0 amide bonds. The second-order valence-corrected chi connectivity index (χ2v) is 29.2. The molecular weight excluding hydrogens is 1390 g/mol. The van der Waals surface area contributed by atoms with Crippen LogP contribution in [0.4, 0.5) is 0 Å². The second-order valence-electron chi connectivity index (χ2n) is 29.2. The summed E-state index contributed by atoms with van der Waals surface area (Å²) in [5, 5.41) is 207. The highest BCUT2D eigenvalue weighted by atomic mass is 16.4. The summed E-state index contributed by atoms with van der Waals surface area (Å²) in [6.07, 6.45) is 6.13. The molecule has 30 heteroatoms. The summed E-state index contributed by atoms with van der Waals surface area (Å²) >= 11 is 0. The van der Waals surface area contributed by atoms with E-state index in [2.05, 4.69) is 0 Å². The predicted molar refractivity (Wildman–Crippen MR) is 438 cm³/mol. The van der Waals surface area contributed by atoms with Crippen molar-refractivity contribution in [2.45, 2.75) is 124 Å². The number of aryl methyl sites for hydroxylation is 2. The Morgan fingerprint density at radius 1 is 0.155 bits per heavy atom. The van der Waals surface area contributed by atoms with Gasteiger partial charge >= 0.3 is 71.2 Å². The van der Waals surface area contributed by atoms with Crippen LogP contribution in [0.2, 0.25) is 0 Å². The Morgan fingerprint density at radius 2 is 0.291 bits per heavy atom. The van der Waals surface area contributed by atoms with Crippen LogP contribution in [0.5, 0.6) is 0 Å². The van der Waals surface area contributed by atoms with Crippen LogP contribution in [0.25, 0.3) is 0 Å². The first-order valence-corrected chi connectivity index (χ1v) is 37.3. The van der Waals surface area contributed by atoms with Crippen molar-refractivity contribution in [3.8, 4) is 0 Å². The zero-order valence-electron chi connectivity index (χ0n) is 60.9. The van der Waals surface area contributed by atoms with E-state index in [0.717, 1.165) is 55.6 Å². The quantitative estimate of drug-likeness (QED) is 0.0194. The summed E-state index contributed by atoms with van der Waals surface area (Å²) in [6, 6.07) is 70.8. The molecule has 0 aliphatic heterocycles. The summed E-state index contributed by atoms with van der Waals surface area (Å²) in [7, 11) is -17.5. The SMILES string of the molecule is OB(O)c1ccc(CCCC(CC(CC(CC(CC(CC(CC(CC(CCc2ccc(B(O)O)cc2)c2ccc(B(O)O)cc2)c2ccc(B(O)O)cc2)c2ccc(B(O)O)cc2)c2ccc(B(O)O)cc2)c2ccc(B(O)O)cc2)c2ccc(B(O)O)cc2)c2ccc(B(O)O)cc2)c2ccc(B(O)O)cc2)cc1. The van der Waals surface area contributed by atoms with Crippen molar-refractivity contribution < 1.29 is 100 Å². The normalized spacial score (nSPS) is 13.6. The third kappa shape index (κ3) is 23.8. The standard InChI is InChI=1S/C80H92B10O20/c91-81(92)71-26-5-53(6-27-71)2-1-3-63(55-10-30-73(31-11-55)83(95)96)46-65(57-14-34-75(35-15-57)85(99)100)48-67(59-18-38-77(39-19-59)87(103)104)50-69(61-22-42-79(43-23-61)89(107)108)52-70(62-24-44-80(45-25-62)90(109)110)51-68(60-20-40-78(41-21-60)88(105)106)49-66(58-16-36-76(37-17-58)86(101)102)47-64(56-12-32-74(33-13-56)84(97)98)9-4-54-7-28-72(29-8-54)82(93)94/h5-8,10-45,63-70,91-110H,1-4,9,46-52H2. The highest BCUT2D eigenvalue weighted by Gasteiger charge is 2.34. The van der Waals surface area contributed by atoms with Gasteiger partial charge in [-0.1, -0.05) is 243 Å². The molecule has 20 nitrogen and oxygen atoms in total. The first kappa shape index (κ1) is 84.5. The van der Waals surface area contributed by atoms with Crippen LogP contribution in [-0.4, -0.2) is 172 Å². The van der Waals surface area contributed by atoms with Gasteiger partial charge in [-0.3, -0.25) is 0 Å². The van der Waals surface area contributed by atoms with Gasteiger partial charge in [0, 0.05) is 0 Å². The lowest BCUT2D eigenvalue weighted by molar-refractivity contribution is 0.372. The van der Waals surface area contributed by atoms with Crippen molar-refractivity contribution in [3.05, 3.63) is 298 Å². The highest BCUT2D eigenvalue weighted by Crippen LogP contribution is 2.48. The monoisotopic (exact) mass is 1480 g/mol. The molecule has 562 valence electrons. The topological polar surface area (TPSA) is 405 Å². The van der Waals surface area contributed by atoms with Crippen molar-refractivity contribution in [2.24, 2.45) is 0 Å². The highest BCUT2D eigenvalue weighted by molar-refractivity contribution is 6.62. The summed E-state index contributed by atoms with van der Waals surface area (Å²) < 4.78 is 0. The van der Waals surface area contributed by atoms with Crippen LogP contribution >= 0.6 is 0 Å². The van der Waals surface area contributed by atoms with E-state index in [1.165, 1.54) is 0 Å². The van der Waals surface area contributed by atoms with E-state index < -0.39 is 88.9 Å². The van der Waals surface area contributed by atoms with Gasteiger partial charge in [-0.05, 0) is 235 Å². The lowest BCUT2D eigenvalue weighted by Gasteiger charge is -2.34. The van der Waals surface area contributed by atoms with Crippen LogP contribution in [0.15, 0.2) is 243 Å². The maximum atomic E-state index is 10.6. The third-order valence-electron chi connectivity index (χ3n) is 22.0. The minimum absolute atomic E-state index is 0.177. The zero-order chi connectivity index (χ0) is 78.7. The Bertz CT molecular complexity index is 4390. The lowest BCUT2D eigenvalue weighted by atomic mass is 9.69. The molecule has 0 aromatic heterocycles. The Kier molecular flexibility index (Phi) is 31.1. The summed E-state index contributed by atoms with van der Waals surface area (Å²) in [6.45, 7) is 0. The van der Waals surface area contributed by atoms with E-state index in [1.807, 2.05) is 121 Å². The maximum Gasteiger partial charge on any atom is 0.488 e. The van der Waals surface area contributed by atoms with Gasteiger partial charge in [-0.2, -0.15) is 0 Å². The molecule has 0 fully saturated rings. The molecule has 8 unspecified atom stereocenters. The molecule has 0 saturated carbocycles. The fraction of sp³-hybridized carbons (Fsp3) is 0.250. The second kappa shape index (κ2) is 40.5. The van der Waals surface area contributed by atoms with E-state index >= 15 is 0 Å². The van der Waals surface area contributed by atoms with E-state index in [1.54, 1.807) is 121 Å². The largest absolute Gasteiger partial charge is 0.488 e. The first-order valence-electron chi connectivity index (χ1n) is 37.3. The van der Waals surface area contributed by atoms with Crippen molar-refractivity contribution >= 4 is 126 Å². The summed E-state index contributed by atoms with van der Waals surface area (Å²) in [5.41, 5.74) is 11.5. The molecule has 8 atom stereocenters. The number of hydrogen-bond acceptors (Lipinski definition) is 20. The molecule has 10 aromatic rings. The fourth-order valence-electron chi connectivity index (χ4n) is 15.6. The average molecular weight is 1480 g/mol. The predicted octanol–water partition coefficient (Wildman–Crippen LogP) is -1.56. The first-order chi connectivity index (χ1) is 52.7. The molecule has 0 spiro atoms. The van der Waals surface area contributed by atoms with E-state index in [0.29, 0.717) is 93.4 Å². The van der Waals surface area contributed by atoms with Gasteiger partial charge in [0.25, 0.3) is 0 Å². The van der Waals surface area contributed by atoms with Crippen LogP contribution in [0, 0.1) is 0 Å². The zero-order valence-corrected chi connectivity index (χ0v) is 60.9. The van der Waals surface area contributed by atoms with E-state index in [-0.39, 0.29) is 67.8 Å². The Balaban J connectivity index is 1.11. The van der Waals surface area contributed by atoms with E-state index in [9.17, 15) is 100 Å². The van der Waals surface area contributed by atoms with Gasteiger partial charge in [-0.15, -0.1) is 0 Å². The molecular formula is C80H92B10O20. The average Bonchev–Trinajstić information content (AvgIpc) is 0.811. The fourth-order valence-corrected chi connectivity index (χ4v) is 15.6. The minimum Gasteiger partial charge on any atom is -0.423 e. The number of rotatable bonds is 39. The smallest absolute Gasteiger partial charge is 0.423 e. The molecule has 0 aliphatic carbocycles. The number of benzene rings is 10. The van der Waals surface area contributed by atoms with Crippen LogP contribution in [-0.2, 0) is 12.8 Å².